The molecule has 0 fully saturated rings. The molecule has 6 nitrogen and oxygen atoms in total. The fraction of sp³-hybridized carbons (Fsp3) is 0.0952. The lowest BCUT2D eigenvalue weighted by molar-refractivity contribution is -0.109. The van der Waals surface area contributed by atoms with Gasteiger partial charge >= 0.3 is 0 Å². The van der Waals surface area contributed by atoms with E-state index in [2.05, 4.69) is 5.32 Å². The number of rotatable bonds is 4. The summed E-state index contributed by atoms with van der Waals surface area (Å²) in [5, 5.41) is 10.5. The summed E-state index contributed by atoms with van der Waals surface area (Å²) in [6.45, 7) is 0. The van der Waals surface area contributed by atoms with Crippen LogP contribution < -0.4 is 15.5 Å². The van der Waals surface area contributed by atoms with Gasteiger partial charge in [0.1, 0.15) is 25.6 Å². The van der Waals surface area contributed by atoms with Crippen LogP contribution in [-0.2, 0) is 16.0 Å². The maximum Gasteiger partial charge on any atom is 0.258 e. The van der Waals surface area contributed by atoms with Gasteiger partial charge in [-0.25, -0.2) is 0 Å². The van der Waals surface area contributed by atoms with E-state index < -0.39 is 5.91 Å². The normalized spacial score (nSPS) is 10.8. The van der Waals surface area contributed by atoms with Crippen molar-refractivity contribution in [1.82, 2.24) is 5.32 Å². The first-order valence-electron chi connectivity index (χ1n) is 8.43. The van der Waals surface area contributed by atoms with Crippen LogP contribution in [0.1, 0.15) is 15.9 Å². The maximum absolute atomic E-state index is 12.4. The number of fused-ring (bicyclic) bond motifs is 2. The highest BCUT2D eigenvalue weighted by Gasteiger charge is 2.24. The summed E-state index contributed by atoms with van der Waals surface area (Å²) in [6, 6.07) is 12.4. The number of amides is 2. The summed E-state index contributed by atoms with van der Waals surface area (Å²) in [5.74, 6) is 0.720. The summed E-state index contributed by atoms with van der Waals surface area (Å²) in [5.41, 5.74) is 3.26. The van der Waals surface area contributed by atoms with Crippen LogP contribution >= 0.6 is 0 Å². The van der Waals surface area contributed by atoms with E-state index in [9.17, 15) is 14.4 Å². The fourth-order valence-electron chi connectivity index (χ4n) is 3.39. The van der Waals surface area contributed by atoms with Crippen LogP contribution in [0.15, 0.2) is 42.5 Å². The molecule has 0 saturated heterocycles. The van der Waals surface area contributed by atoms with Crippen LogP contribution in [0.2, 0.25) is 0 Å². The second kappa shape index (κ2) is 8.06. The number of ether oxygens (including phenoxy) is 1. The zero-order chi connectivity index (χ0) is 20.3. The number of imide groups is 1. The van der Waals surface area contributed by atoms with Crippen LogP contribution in [0, 0.1) is 0 Å². The Hall–Kier alpha value is -3.45. The van der Waals surface area contributed by atoms with E-state index in [1.54, 1.807) is 24.3 Å². The molecule has 0 unspecified atom stereocenters. The molecule has 3 aromatic rings. The Labute approximate surface area is 162 Å². The molecule has 3 aromatic carbocycles. The number of benzene rings is 3. The van der Waals surface area contributed by atoms with Crippen LogP contribution in [0.4, 0.5) is 0 Å². The van der Waals surface area contributed by atoms with E-state index in [4.69, 9.17) is 17.7 Å². The van der Waals surface area contributed by atoms with Gasteiger partial charge in [0.25, 0.3) is 5.91 Å². The third-order valence-corrected chi connectivity index (χ3v) is 4.46. The molecule has 1 heterocycles. The maximum atomic E-state index is 12.4. The van der Waals surface area contributed by atoms with Crippen LogP contribution in [-0.4, -0.2) is 38.7 Å². The first-order chi connectivity index (χ1) is 13.6. The minimum absolute atomic E-state index is 0.144. The molecule has 2 N–H and O–H groups in total. The van der Waals surface area contributed by atoms with Gasteiger partial charge in [0.2, 0.25) is 6.41 Å². The van der Waals surface area contributed by atoms with Gasteiger partial charge in [-0.15, -0.1) is 0 Å². The van der Waals surface area contributed by atoms with Gasteiger partial charge in [0.15, 0.2) is 0 Å². The van der Waals surface area contributed by atoms with Gasteiger partial charge in [0.05, 0.1) is 0 Å². The van der Waals surface area contributed by atoms with E-state index in [-0.39, 0.29) is 6.42 Å². The highest BCUT2D eigenvalue weighted by Crippen LogP contribution is 2.47. The number of aliphatic hydroxyl groups excluding tert-OH is 1. The minimum atomic E-state index is -0.533. The minimum Gasteiger partial charge on any atom is -0.456 e. The second-order valence-electron chi connectivity index (χ2n) is 5.95. The highest BCUT2D eigenvalue weighted by atomic mass is 16.5. The molecule has 0 bridgehead atoms. The molecule has 138 valence electrons. The molecule has 2 amide bonds. The van der Waals surface area contributed by atoms with Crippen molar-refractivity contribution in [3.8, 4) is 22.6 Å². The Morgan fingerprint density at radius 3 is 2.50 bits per heavy atom. The molecule has 0 aliphatic carbocycles. The number of nitrogens with one attached hydrogen (secondary N) is 1. The number of aldehydes is 1. The Kier molecular flexibility index (Phi) is 5.56. The second-order valence-corrected chi connectivity index (χ2v) is 5.95. The molecular formula is C21H16BNO5. The number of hydrogen-bond acceptors (Lipinski definition) is 5. The van der Waals surface area contributed by atoms with Gasteiger partial charge in [-0.3, -0.25) is 14.9 Å². The van der Waals surface area contributed by atoms with E-state index in [1.807, 2.05) is 18.2 Å². The number of hydrogen-bond donors (Lipinski definition) is 2. The molecule has 28 heavy (non-hydrogen) atoms. The number of aliphatic hydroxyl groups is 1. The van der Waals surface area contributed by atoms with Crippen molar-refractivity contribution in [2.75, 3.05) is 7.11 Å². The largest absolute Gasteiger partial charge is 0.456 e. The lowest BCUT2D eigenvalue weighted by atomic mass is 9.86. The monoisotopic (exact) mass is 373 g/mol. The lowest BCUT2D eigenvalue weighted by Gasteiger charge is -2.24. The average molecular weight is 373 g/mol. The topological polar surface area (TPSA) is 92.7 Å². The predicted molar refractivity (Wildman–Crippen MR) is 106 cm³/mol. The SMILES string of the molecule is CO.[B]c1ccc2c(c1)-c1ccc(CC=O)c3c(C(=O)NC=O)ccc(c13)O2. The van der Waals surface area contributed by atoms with E-state index in [0.717, 1.165) is 29.9 Å². The Morgan fingerprint density at radius 2 is 1.79 bits per heavy atom. The first kappa shape index (κ1) is 19.3. The quantitative estimate of drug-likeness (QED) is 0.419. The molecule has 7 heteroatoms. The zero-order valence-electron chi connectivity index (χ0n) is 15.1. The summed E-state index contributed by atoms with van der Waals surface area (Å²) < 4.78 is 5.99. The van der Waals surface area contributed by atoms with Crippen molar-refractivity contribution >= 4 is 42.7 Å². The number of carbonyl (C=O) groups excluding carboxylic acids is 3. The smallest absolute Gasteiger partial charge is 0.258 e. The van der Waals surface area contributed by atoms with Gasteiger partial charge in [-0.1, -0.05) is 29.7 Å². The molecule has 0 aromatic heterocycles. The van der Waals surface area contributed by atoms with Gasteiger partial charge in [0, 0.05) is 35.4 Å². The Balaban J connectivity index is 0.00000109. The summed E-state index contributed by atoms with van der Waals surface area (Å²) in [7, 11) is 6.92. The van der Waals surface area contributed by atoms with Crippen molar-refractivity contribution in [3.05, 3.63) is 53.6 Å². The third-order valence-electron chi connectivity index (χ3n) is 4.46. The summed E-state index contributed by atoms with van der Waals surface area (Å²) >= 11 is 0. The Bertz CT molecular complexity index is 1090. The van der Waals surface area contributed by atoms with Gasteiger partial charge < -0.3 is 14.6 Å². The fourth-order valence-corrected chi connectivity index (χ4v) is 3.39. The average Bonchev–Trinajstić information content (AvgIpc) is 2.71. The van der Waals surface area contributed by atoms with Crippen LogP contribution in [0.5, 0.6) is 11.5 Å². The molecule has 1 aliphatic heterocycles. The molecule has 0 spiro atoms. The summed E-state index contributed by atoms with van der Waals surface area (Å²) in [4.78, 5) is 34.2. The van der Waals surface area contributed by atoms with Crippen molar-refractivity contribution in [3.63, 3.8) is 0 Å². The predicted octanol–water partition coefficient (Wildman–Crippen LogP) is 1.64. The van der Waals surface area contributed by atoms with Gasteiger partial charge in [-0.05, 0) is 29.3 Å². The molecular weight excluding hydrogens is 357 g/mol. The zero-order valence-corrected chi connectivity index (χ0v) is 15.1. The van der Waals surface area contributed by atoms with Crippen LogP contribution in [0.3, 0.4) is 0 Å². The van der Waals surface area contributed by atoms with Crippen molar-refractivity contribution in [1.29, 1.82) is 0 Å². The molecule has 0 atom stereocenters. The van der Waals surface area contributed by atoms with Gasteiger partial charge in [-0.2, -0.15) is 0 Å². The lowest BCUT2D eigenvalue weighted by Crippen LogP contribution is -2.22. The van der Waals surface area contributed by atoms with E-state index >= 15 is 0 Å². The highest BCUT2D eigenvalue weighted by molar-refractivity contribution is 6.33. The van der Waals surface area contributed by atoms with E-state index in [1.165, 1.54) is 0 Å². The molecule has 4 rings (SSSR count). The third kappa shape index (κ3) is 3.16. The summed E-state index contributed by atoms with van der Waals surface area (Å²) in [6.07, 6.45) is 1.26. The Morgan fingerprint density at radius 1 is 1.04 bits per heavy atom. The standard InChI is InChI=1S/C20H12BNO4.CH4O/c21-12-2-5-16-15(9-12)13-3-1-11(7-8-23)18-14(20(25)22-10-24)4-6-17(26-16)19(13)18;1-2/h1-6,8-10H,7H2,(H,22,24,25);2H,1H3. The first-order valence-corrected chi connectivity index (χ1v) is 8.43. The van der Waals surface area contributed by atoms with Crippen molar-refractivity contribution in [2.45, 2.75) is 6.42 Å². The van der Waals surface area contributed by atoms with Crippen molar-refractivity contribution in [2.24, 2.45) is 0 Å². The number of carbonyl (C=O) groups is 3. The molecule has 1 aliphatic rings. The molecule has 0 saturated carbocycles. The molecule has 2 radical (unpaired) electrons. The van der Waals surface area contributed by atoms with E-state index in [0.29, 0.717) is 39.9 Å². The van der Waals surface area contributed by atoms with Crippen molar-refractivity contribution < 1.29 is 24.2 Å². The van der Waals surface area contributed by atoms with Crippen LogP contribution in [0.25, 0.3) is 21.9 Å².